The van der Waals surface area contributed by atoms with Crippen LogP contribution in [0.4, 0.5) is 4.39 Å². The monoisotopic (exact) mass is 313 g/mol. The molecule has 116 valence electrons. The molecule has 3 N–H and O–H groups in total. The third-order valence-corrected chi connectivity index (χ3v) is 4.17. The molecule has 4 nitrogen and oxygen atoms in total. The van der Waals surface area contributed by atoms with Crippen molar-refractivity contribution in [1.82, 2.24) is 10.2 Å². The molecule has 6 heteroatoms. The maximum Gasteiger partial charge on any atom is 0.253 e. The van der Waals surface area contributed by atoms with Gasteiger partial charge in [0.15, 0.2) is 0 Å². The van der Waals surface area contributed by atoms with Crippen LogP contribution < -0.4 is 11.1 Å². The highest BCUT2D eigenvalue weighted by Gasteiger charge is 2.22. The van der Waals surface area contributed by atoms with Gasteiger partial charge < -0.3 is 16.0 Å². The van der Waals surface area contributed by atoms with E-state index in [1.54, 1.807) is 6.92 Å². The molecule has 2 rings (SSSR count). The van der Waals surface area contributed by atoms with Crippen LogP contribution in [0.2, 0.25) is 5.02 Å². The van der Waals surface area contributed by atoms with Crippen LogP contribution in [0, 0.1) is 12.7 Å². The molecule has 1 aliphatic rings. The third kappa shape index (κ3) is 4.15. The van der Waals surface area contributed by atoms with Crippen LogP contribution in [0.3, 0.4) is 0 Å². The normalized spacial score (nSPS) is 17.0. The van der Waals surface area contributed by atoms with Gasteiger partial charge in [-0.3, -0.25) is 4.79 Å². The summed E-state index contributed by atoms with van der Waals surface area (Å²) in [4.78, 5) is 14.5. The van der Waals surface area contributed by atoms with Crippen LogP contribution in [-0.2, 0) is 0 Å². The number of halogens is 2. The Bertz CT molecular complexity index is 516. The highest BCUT2D eigenvalue weighted by molar-refractivity contribution is 6.33. The summed E-state index contributed by atoms with van der Waals surface area (Å²) in [5.41, 5.74) is 6.17. The molecule has 0 aliphatic carbocycles. The van der Waals surface area contributed by atoms with Crippen molar-refractivity contribution < 1.29 is 9.18 Å². The van der Waals surface area contributed by atoms with Gasteiger partial charge >= 0.3 is 0 Å². The minimum Gasteiger partial charge on any atom is -0.349 e. The SMILES string of the molecule is Cc1cc(Cl)c(C(=O)NC2CCN(CCN)CC2)cc1F. The molecule has 1 saturated heterocycles. The van der Waals surface area contributed by atoms with Crippen LogP contribution >= 0.6 is 11.6 Å². The Morgan fingerprint density at radius 1 is 1.48 bits per heavy atom. The molecule has 1 fully saturated rings. The lowest BCUT2D eigenvalue weighted by atomic mass is 10.0. The molecule has 1 amide bonds. The number of likely N-dealkylation sites (tertiary alicyclic amines) is 1. The number of nitrogens with two attached hydrogens (primary N) is 1. The maximum atomic E-state index is 13.6. The van der Waals surface area contributed by atoms with Crippen molar-refractivity contribution in [2.75, 3.05) is 26.2 Å². The van der Waals surface area contributed by atoms with E-state index in [9.17, 15) is 9.18 Å². The second-order valence-electron chi connectivity index (χ2n) is 5.46. The largest absolute Gasteiger partial charge is 0.349 e. The number of piperidine rings is 1. The number of aryl methyl sites for hydroxylation is 1. The van der Waals surface area contributed by atoms with Crippen molar-refractivity contribution in [3.8, 4) is 0 Å². The zero-order valence-corrected chi connectivity index (χ0v) is 12.9. The van der Waals surface area contributed by atoms with E-state index in [4.69, 9.17) is 17.3 Å². The van der Waals surface area contributed by atoms with Gasteiger partial charge in [-0.25, -0.2) is 4.39 Å². The van der Waals surface area contributed by atoms with E-state index >= 15 is 0 Å². The lowest BCUT2D eigenvalue weighted by Gasteiger charge is -2.32. The van der Waals surface area contributed by atoms with Crippen molar-refractivity contribution >= 4 is 17.5 Å². The van der Waals surface area contributed by atoms with E-state index in [0.29, 0.717) is 12.1 Å². The molecule has 21 heavy (non-hydrogen) atoms. The number of hydrogen-bond donors (Lipinski definition) is 2. The maximum absolute atomic E-state index is 13.6. The first-order chi connectivity index (χ1) is 10.0. The molecule has 0 unspecified atom stereocenters. The predicted molar refractivity (Wildman–Crippen MR) is 82.1 cm³/mol. The van der Waals surface area contributed by atoms with Crippen molar-refractivity contribution in [2.45, 2.75) is 25.8 Å². The van der Waals surface area contributed by atoms with Crippen molar-refractivity contribution in [1.29, 1.82) is 0 Å². The summed E-state index contributed by atoms with van der Waals surface area (Å²) in [6.45, 7) is 4.98. The molecule has 1 heterocycles. The number of carbonyl (C=O) groups excluding carboxylic acids is 1. The Morgan fingerprint density at radius 2 is 2.14 bits per heavy atom. The minimum atomic E-state index is -0.415. The van der Waals surface area contributed by atoms with Crippen LogP contribution in [0.1, 0.15) is 28.8 Å². The molecular weight excluding hydrogens is 293 g/mol. The second kappa shape index (κ2) is 7.20. The lowest BCUT2D eigenvalue weighted by Crippen LogP contribution is -2.45. The van der Waals surface area contributed by atoms with E-state index in [1.807, 2.05) is 0 Å². The highest BCUT2D eigenvalue weighted by Crippen LogP contribution is 2.21. The summed E-state index contributed by atoms with van der Waals surface area (Å²) in [5.74, 6) is -0.724. The number of rotatable bonds is 4. The fourth-order valence-corrected chi connectivity index (χ4v) is 2.87. The zero-order valence-electron chi connectivity index (χ0n) is 12.2. The number of carbonyl (C=O) groups is 1. The van der Waals surface area contributed by atoms with Gasteiger partial charge in [-0.1, -0.05) is 11.6 Å². The van der Waals surface area contributed by atoms with Crippen molar-refractivity contribution in [3.05, 3.63) is 34.1 Å². The van der Waals surface area contributed by atoms with Gasteiger partial charge in [0.1, 0.15) is 5.82 Å². The van der Waals surface area contributed by atoms with E-state index in [-0.39, 0.29) is 22.5 Å². The van der Waals surface area contributed by atoms with Gasteiger partial charge in [0.25, 0.3) is 5.91 Å². The molecule has 1 aromatic carbocycles. The van der Waals surface area contributed by atoms with E-state index in [0.717, 1.165) is 32.5 Å². The Balaban J connectivity index is 1.95. The number of nitrogens with zero attached hydrogens (tertiary/aromatic N) is 1. The topological polar surface area (TPSA) is 58.4 Å². The summed E-state index contributed by atoms with van der Waals surface area (Å²) in [6, 6.07) is 2.79. The number of nitrogens with one attached hydrogen (secondary N) is 1. The molecular formula is C15H21ClFN3O. The highest BCUT2D eigenvalue weighted by atomic mass is 35.5. The Labute approximate surface area is 129 Å². The van der Waals surface area contributed by atoms with E-state index < -0.39 is 5.82 Å². The lowest BCUT2D eigenvalue weighted by molar-refractivity contribution is 0.0911. The van der Waals surface area contributed by atoms with Gasteiger partial charge in [-0.2, -0.15) is 0 Å². The summed E-state index contributed by atoms with van der Waals surface area (Å²) in [7, 11) is 0. The molecule has 0 radical (unpaired) electrons. The van der Waals surface area contributed by atoms with E-state index in [1.165, 1.54) is 12.1 Å². The van der Waals surface area contributed by atoms with E-state index in [2.05, 4.69) is 10.2 Å². The molecule has 1 aliphatic heterocycles. The van der Waals surface area contributed by atoms with Crippen LogP contribution in [0.5, 0.6) is 0 Å². The summed E-state index contributed by atoms with van der Waals surface area (Å²) >= 11 is 6.03. The first-order valence-electron chi connectivity index (χ1n) is 7.20. The molecule has 0 spiro atoms. The van der Waals surface area contributed by atoms with Gasteiger partial charge in [0.05, 0.1) is 10.6 Å². The predicted octanol–water partition coefficient (Wildman–Crippen LogP) is 1.94. The Morgan fingerprint density at radius 3 is 2.76 bits per heavy atom. The van der Waals surface area contributed by atoms with Gasteiger partial charge in [-0.15, -0.1) is 0 Å². The van der Waals surface area contributed by atoms with Crippen LogP contribution in [0.15, 0.2) is 12.1 Å². The van der Waals surface area contributed by atoms with Crippen molar-refractivity contribution in [2.24, 2.45) is 5.73 Å². The first kappa shape index (κ1) is 16.2. The molecule has 1 aromatic rings. The standard InChI is InChI=1S/C15H21ClFN3O/c1-10-8-13(16)12(9-14(10)17)15(21)19-11-2-5-20(6-3-11)7-4-18/h8-9,11H,2-7,18H2,1H3,(H,19,21). The fourth-order valence-electron chi connectivity index (χ4n) is 2.57. The summed E-state index contributed by atoms with van der Waals surface area (Å²) in [5, 5.41) is 3.22. The van der Waals surface area contributed by atoms with Gasteiger partial charge in [-0.05, 0) is 37.5 Å². The van der Waals surface area contributed by atoms with Gasteiger partial charge in [0.2, 0.25) is 0 Å². The Hall–Kier alpha value is -1.17. The average Bonchev–Trinajstić information content (AvgIpc) is 2.45. The molecule has 0 aromatic heterocycles. The Kier molecular flexibility index (Phi) is 5.56. The smallest absolute Gasteiger partial charge is 0.253 e. The number of benzene rings is 1. The summed E-state index contributed by atoms with van der Waals surface area (Å²) < 4.78 is 13.6. The minimum absolute atomic E-state index is 0.104. The zero-order chi connectivity index (χ0) is 15.4. The molecule has 0 saturated carbocycles. The third-order valence-electron chi connectivity index (χ3n) is 3.86. The van der Waals surface area contributed by atoms with Crippen LogP contribution in [0.25, 0.3) is 0 Å². The molecule has 0 atom stereocenters. The van der Waals surface area contributed by atoms with Crippen molar-refractivity contribution in [3.63, 3.8) is 0 Å². The van der Waals surface area contributed by atoms with Crippen LogP contribution in [-0.4, -0.2) is 43.0 Å². The second-order valence-corrected chi connectivity index (χ2v) is 5.87. The summed E-state index contributed by atoms with van der Waals surface area (Å²) in [6.07, 6.45) is 1.75. The number of hydrogen-bond acceptors (Lipinski definition) is 3. The fraction of sp³-hybridized carbons (Fsp3) is 0.533. The average molecular weight is 314 g/mol. The first-order valence-corrected chi connectivity index (χ1v) is 7.58. The molecule has 0 bridgehead atoms. The quantitative estimate of drug-likeness (QED) is 0.893. The van der Waals surface area contributed by atoms with Gasteiger partial charge in [0, 0.05) is 32.2 Å². The number of amides is 1.